The van der Waals surface area contributed by atoms with E-state index in [1.54, 1.807) is 0 Å². The van der Waals surface area contributed by atoms with Crippen molar-refractivity contribution < 1.29 is 5.11 Å². The van der Waals surface area contributed by atoms with Gasteiger partial charge in [-0.15, -0.1) is 0 Å². The molecule has 0 aromatic rings. The lowest BCUT2D eigenvalue weighted by Gasteiger charge is -2.19. The first kappa shape index (κ1) is 9.65. The molecule has 2 atom stereocenters. The number of hydrogen-bond donors (Lipinski definition) is 2. The summed E-state index contributed by atoms with van der Waals surface area (Å²) in [7, 11) is 0. The molecular weight excluding hydrogens is 162 g/mol. The van der Waals surface area contributed by atoms with Gasteiger partial charge in [0.05, 0.1) is 0 Å². The molecule has 2 heteroatoms. The summed E-state index contributed by atoms with van der Waals surface area (Å²) >= 11 is 0. The van der Waals surface area contributed by atoms with Gasteiger partial charge >= 0.3 is 0 Å². The van der Waals surface area contributed by atoms with E-state index < -0.39 is 0 Å². The molecule has 0 fully saturated rings. The van der Waals surface area contributed by atoms with Gasteiger partial charge < -0.3 is 10.8 Å². The van der Waals surface area contributed by atoms with Gasteiger partial charge in [-0.1, -0.05) is 37.8 Å². The lowest BCUT2D eigenvalue weighted by Crippen LogP contribution is -2.12. The zero-order valence-electron chi connectivity index (χ0n) is 7.77. The monoisotopic (exact) mass is 177 g/mol. The molecule has 3 N–H and O–H groups in total. The normalized spacial score (nSPS) is 27.6. The third kappa shape index (κ3) is 2.51. The third-order valence-electron chi connectivity index (χ3n) is 2.09. The van der Waals surface area contributed by atoms with Gasteiger partial charge in [0.15, 0.2) is 0 Å². The minimum absolute atomic E-state index is 0.0327. The minimum atomic E-state index is 0.0327. The molecule has 0 saturated carbocycles. The molecule has 1 aliphatic rings. The zero-order chi connectivity index (χ0) is 9.84. The summed E-state index contributed by atoms with van der Waals surface area (Å²) in [5, 5.41) is 9.65. The molecule has 0 aromatic carbocycles. The quantitative estimate of drug-likeness (QED) is 0.502. The van der Waals surface area contributed by atoms with Crippen molar-refractivity contribution in [3.8, 4) is 0 Å². The standard InChI is InChI=1S/C11H15NO/c1-8-5-3-4-6-10(8)11(13)7-9(2)12/h3-8,10,13H,2,12H2,1H3/b11-7+. The van der Waals surface area contributed by atoms with Crippen molar-refractivity contribution in [1.82, 2.24) is 0 Å². The molecule has 0 saturated heterocycles. The Hall–Kier alpha value is -1.44. The molecule has 2 nitrogen and oxygen atoms in total. The van der Waals surface area contributed by atoms with Crippen LogP contribution < -0.4 is 5.73 Å². The van der Waals surface area contributed by atoms with Crippen LogP contribution in [-0.2, 0) is 0 Å². The third-order valence-corrected chi connectivity index (χ3v) is 2.09. The fraction of sp³-hybridized carbons (Fsp3) is 0.273. The first-order valence-electron chi connectivity index (χ1n) is 4.31. The second-order valence-electron chi connectivity index (χ2n) is 3.30. The van der Waals surface area contributed by atoms with Crippen LogP contribution in [0.1, 0.15) is 6.92 Å². The van der Waals surface area contributed by atoms with Crippen LogP contribution in [0.2, 0.25) is 0 Å². The number of aliphatic hydroxyl groups excluding tert-OH is 1. The van der Waals surface area contributed by atoms with Crippen LogP contribution >= 0.6 is 0 Å². The summed E-state index contributed by atoms with van der Waals surface area (Å²) < 4.78 is 0. The van der Waals surface area contributed by atoms with E-state index in [2.05, 4.69) is 6.58 Å². The molecule has 1 rings (SSSR count). The summed E-state index contributed by atoms with van der Waals surface area (Å²) in [6.45, 7) is 5.56. The fourth-order valence-electron chi connectivity index (χ4n) is 1.37. The summed E-state index contributed by atoms with van der Waals surface area (Å²) in [6, 6.07) is 0. The first-order chi connectivity index (χ1) is 6.11. The highest BCUT2D eigenvalue weighted by molar-refractivity contribution is 5.24. The average Bonchev–Trinajstić information content (AvgIpc) is 2.03. The molecule has 0 radical (unpaired) electrons. The highest BCUT2D eigenvalue weighted by Crippen LogP contribution is 2.24. The predicted octanol–water partition coefficient (Wildman–Crippen LogP) is 2.28. The smallest absolute Gasteiger partial charge is 0.102 e. The summed E-state index contributed by atoms with van der Waals surface area (Å²) in [6.07, 6.45) is 9.41. The molecule has 0 spiro atoms. The van der Waals surface area contributed by atoms with E-state index in [1.807, 2.05) is 31.2 Å². The number of allylic oxidation sites excluding steroid dienone is 5. The Kier molecular flexibility index (Phi) is 2.96. The van der Waals surface area contributed by atoms with Gasteiger partial charge in [-0.05, 0) is 12.0 Å². The van der Waals surface area contributed by atoms with Crippen LogP contribution in [0.5, 0.6) is 0 Å². The topological polar surface area (TPSA) is 46.2 Å². The maximum Gasteiger partial charge on any atom is 0.102 e. The Morgan fingerprint density at radius 1 is 1.46 bits per heavy atom. The Bertz CT molecular complexity index is 286. The second kappa shape index (κ2) is 3.99. The van der Waals surface area contributed by atoms with Crippen molar-refractivity contribution >= 4 is 0 Å². The minimum Gasteiger partial charge on any atom is -0.512 e. The molecule has 0 aliphatic heterocycles. The summed E-state index contributed by atoms with van der Waals surface area (Å²) in [5.74, 6) is 0.617. The van der Waals surface area contributed by atoms with E-state index >= 15 is 0 Å². The van der Waals surface area contributed by atoms with E-state index in [9.17, 15) is 5.11 Å². The van der Waals surface area contributed by atoms with Gasteiger partial charge in [-0.3, -0.25) is 0 Å². The maximum atomic E-state index is 9.65. The largest absolute Gasteiger partial charge is 0.512 e. The molecule has 1 aliphatic carbocycles. The van der Waals surface area contributed by atoms with Crippen molar-refractivity contribution in [2.24, 2.45) is 17.6 Å². The van der Waals surface area contributed by atoms with Crippen molar-refractivity contribution in [3.05, 3.63) is 48.4 Å². The molecule has 0 heterocycles. The highest BCUT2D eigenvalue weighted by atomic mass is 16.3. The fourth-order valence-corrected chi connectivity index (χ4v) is 1.37. The molecule has 2 unspecified atom stereocenters. The van der Waals surface area contributed by atoms with Gasteiger partial charge in [-0.25, -0.2) is 0 Å². The van der Waals surface area contributed by atoms with E-state index in [0.717, 1.165) is 0 Å². The van der Waals surface area contributed by atoms with Crippen LogP contribution in [0, 0.1) is 11.8 Å². The lowest BCUT2D eigenvalue weighted by molar-refractivity contribution is 0.327. The maximum absolute atomic E-state index is 9.65. The lowest BCUT2D eigenvalue weighted by atomic mass is 9.88. The average molecular weight is 177 g/mol. The number of rotatable bonds is 2. The predicted molar refractivity (Wildman–Crippen MR) is 55.0 cm³/mol. The second-order valence-corrected chi connectivity index (χ2v) is 3.30. The van der Waals surface area contributed by atoms with E-state index in [4.69, 9.17) is 5.73 Å². The molecule has 13 heavy (non-hydrogen) atoms. The van der Waals surface area contributed by atoms with Crippen LogP contribution in [0.3, 0.4) is 0 Å². The van der Waals surface area contributed by atoms with Crippen LogP contribution in [0.25, 0.3) is 0 Å². The van der Waals surface area contributed by atoms with Crippen LogP contribution in [0.15, 0.2) is 48.4 Å². The van der Waals surface area contributed by atoms with Crippen LogP contribution in [0.4, 0.5) is 0 Å². The van der Waals surface area contributed by atoms with Crippen molar-refractivity contribution in [2.75, 3.05) is 0 Å². The Morgan fingerprint density at radius 2 is 2.08 bits per heavy atom. The van der Waals surface area contributed by atoms with Crippen molar-refractivity contribution in [2.45, 2.75) is 6.92 Å². The number of nitrogens with two attached hydrogens (primary N) is 1. The van der Waals surface area contributed by atoms with Gasteiger partial charge in [-0.2, -0.15) is 0 Å². The number of hydrogen-bond acceptors (Lipinski definition) is 2. The van der Waals surface area contributed by atoms with E-state index in [1.165, 1.54) is 6.08 Å². The Morgan fingerprint density at radius 3 is 2.62 bits per heavy atom. The van der Waals surface area contributed by atoms with Crippen molar-refractivity contribution in [3.63, 3.8) is 0 Å². The van der Waals surface area contributed by atoms with E-state index in [-0.39, 0.29) is 11.7 Å². The number of aliphatic hydroxyl groups is 1. The summed E-state index contributed by atoms with van der Waals surface area (Å²) in [4.78, 5) is 0. The molecular formula is C11H15NO. The molecule has 70 valence electrons. The first-order valence-corrected chi connectivity index (χ1v) is 4.31. The molecule has 0 aromatic heterocycles. The van der Waals surface area contributed by atoms with Gasteiger partial charge in [0.2, 0.25) is 0 Å². The SMILES string of the molecule is C=C(N)/C=C(/O)C1C=CC=CC1C. The molecule has 0 amide bonds. The van der Waals surface area contributed by atoms with Gasteiger partial charge in [0, 0.05) is 11.6 Å². The van der Waals surface area contributed by atoms with Gasteiger partial charge in [0.25, 0.3) is 0 Å². The van der Waals surface area contributed by atoms with E-state index in [0.29, 0.717) is 11.6 Å². The Balaban J connectivity index is 2.77. The van der Waals surface area contributed by atoms with Crippen LogP contribution in [-0.4, -0.2) is 5.11 Å². The van der Waals surface area contributed by atoms with Crippen molar-refractivity contribution in [1.29, 1.82) is 0 Å². The Labute approximate surface area is 78.8 Å². The zero-order valence-corrected chi connectivity index (χ0v) is 7.77. The molecule has 0 bridgehead atoms. The highest BCUT2D eigenvalue weighted by Gasteiger charge is 2.17. The summed E-state index contributed by atoms with van der Waals surface area (Å²) in [5.41, 5.74) is 5.75. The van der Waals surface area contributed by atoms with Gasteiger partial charge in [0.1, 0.15) is 5.76 Å².